The third kappa shape index (κ3) is 2.56. The molecule has 0 aliphatic carbocycles. The largest absolute Gasteiger partial charge is 0.330 e. The molecule has 0 bridgehead atoms. The summed E-state index contributed by atoms with van der Waals surface area (Å²) in [4.78, 5) is 7.38. The summed E-state index contributed by atoms with van der Waals surface area (Å²) in [6, 6.07) is 0.701. The number of nitrogens with one attached hydrogen (secondary N) is 1. The number of imidazole rings is 1. The van der Waals surface area contributed by atoms with Gasteiger partial charge in [-0.1, -0.05) is 13.3 Å². The molecule has 0 saturated carbocycles. The Morgan fingerprint density at radius 3 is 3.05 bits per heavy atom. The maximum atomic E-state index is 4.84. The van der Waals surface area contributed by atoms with Crippen LogP contribution in [-0.2, 0) is 25.9 Å². The highest BCUT2D eigenvalue weighted by molar-refractivity contribution is 5.20. The summed E-state index contributed by atoms with van der Waals surface area (Å²) in [5.41, 5.74) is 2.79. The van der Waals surface area contributed by atoms with Crippen molar-refractivity contribution in [2.45, 2.75) is 58.2 Å². The Hall–Kier alpha value is -0.870. The minimum atomic E-state index is 0.701. The molecule has 0 aromatic carbocycles. The van der Waals surface area contributed by atoms with Gasteiger partial charge in [0.25, 0.3) is 0 Å². The molecule has 0 amide bonds. The summed E-state index contributed by atoms with van der Waals surface area (Å²) in [5, 5.41) is 3.43. The lowest BCUT2D eigenvalue weighted by atomic mass is 10.0. The number of aryl methyl sites for hydroxylation is 1. The van der Waals surface area contributed by atoms with E-state index in [2.05, 4.69) is 28.8 Å². The smallest absolute Gasteiger partial charge is 0.109 e. The minimum absolute atomic E-state index is 0.701. The molecular formula is C15H26N4. The Labute approximate surface area is 116 Å². The maximum absolute atomic E-state index is 4.84. The molecule has 1 N–H and O–H groups in total. The van der Waals surface area contributed by atoms with Crippen LogP contribution in [0.1, 0.15) is 43.4 Å². The lowest BCUT2D eigenvalue weighted by Gasteiger charge is -2.33. The predicted molar refractivity (Wildman–Crippen MR) is 77.3 cm³/mol. The number of nitrogens with zero attached hydrogens (tertiary/aromatic N) is 3. The van der Waals surface area contributed by atoms with Gasteiger partial charge in [0.2, 0.25) is 0 Å². The van der Waals surface area contributed by atoms with E-state index < -0.39 is 0 Å². The van der Waals surface area contributed by atoms with Crippen LogP contribution >= 0.6 is 0 Å². The molecule has 1 aromatic rings. The molecular weight excluding hydrogens is 236 g/mol. The lowest BCUT2D eigenvalue weighted by molar-refractivity contribution is 0.165. The van der Waals surface area contributed by atoms with Gasteiger partial charge in [0.05, 0.1) is 5.69 Å². The SMILES string of the molecule is CCc1nc2c(n1CC1CCCCN1C)CCNC2. The normalized spacial score (nSPS) is 24.4. The highest BCUT2D eigenvalue weighted by Gasteiger charge is 2.24. The van der Waals surface area contributed by atoms with Gasteiger partial charge in [0, 0.05) is 44.2 Å². The number of rotatable bonds is 3. The Morgan fingerprint density at radius 2 is 2.26 bits per heavy atom. The van der Waals surface area contributed by atoms with Crippen LogP contribution in [0.3, 0.4) is 0 Å². The van der Waals surface area contributed by atoms with Crippen LogP contribution in [0.5, 0.6) is 0 Å². The van der Waals surface area contributed by atoms with E-state index in [0.29, 0.717) is 6.04 Å². The second-order valence-electron chi connectivity index (χ2n) is 5.94. The zero-order chi connectivity index (χ0) is 13.2. The monoisotopic (exact) mass is 262 g/mol. The van der Waals surface area contributed by atoms with E-state index in [4.69, 9.17) is 4.98 Å². The maximum Gasteiger partial charge on any atom is 0.109 e. The van der Waals surface area contributed by atoms with Crippen LogP contribution < -0.4 is 5.32 Å². The second-order valence-corrected chi connectivity index (χ2v) is 5.94. The first-order valence-electron chi connectivity index (χ1n) is 7.77. The van der Waals surface area contributed by atoms with Gasteiger partial charge in [-0.15, -0.1) is 0 Å². The third-order valence-corrected chi connectivity index (χ3v) is 4.70. The fourth-order valence-corrected chi connectivity index (χ4v) is 3.50. The van der Waals surface area contributed by atoms with Gasteiger partial charge in [-0.05, 0) is 26.4 Å². The fraction of sp³-hybridized carbons (Fsp3) is 0.800. The fourth-order valence-electron chi connectivity index (χ4n) is 3.50. The Bertz CT molecular complexity index is 438. The second kappa shape index (κ2) is 5.63. The minimum Gasteiger partial charge on any atom is -0.330 e. The van der Waals surface area contributed by atoms with Gasteiger partial charge in [-0.3, -0.25) is 0 Å². The molecule has 106 valence electrons. The van der Waals surface area contributed by atoms with Crippen LogP contribution in [0, 0.1) is 0 Å². The van der Waals surface area contributed by atoms with E-state index in [1.165, 1.54) is 43.0 Å². The summed E-state index contributed by atoms with van der Waals surface area (Å²) < 4.78 is 2.53. The van der Waals surface area contributed by atoms with Crippen LogP contribution in [0.2, 0.25) is 0 Å². The summed E-state index contributed by atoms with van der Waals surface area (Å²) in [5.74, 6) is 1.28. The lowest BCUT2D eigenvalue weighted by Crippen LogP contribution is -2.40. The number of likely N-dealkylation sites (N-methyl/N-ethyl adjacent to an activating group) is 1. The van der Waals surface area contributed by atoms with Crippen LogP contribution in [0.15, 0.2) is 0 Å². The highest BCUT2D eigenvalue weighted by atomic mass is 15.2. The van der Waals surface area contributed by atoms with Crippen LogP contribution in [0.25, 0.3) is 0 Å². The first kappa shape index (κ1) is 13.1. The van der Waals surface area contributed by atoms with E-state index >= 15 is 0 Å². The van der Waals surface area contributed by atoms with Crippen LogP contribution in [0.4, 0.5) is 0 Å². The summed E-state index contributed by atoms with van der Waals surface area (Å²) in [6.07, 6.45) is 6.27. The third-order valence-electron chi connectivity index (χ3n) is 4.70. The average Bonchev–Trinajstić information content (AvgIpc) is 2.79. The summed E-state index contributed by atoms with van der Waals surface area (Å²) in [6.45, 7) is 6.67. The van der Waals surface area contributed by atoms with Crippen LogP contribution in [-0.4, -0.2) is 40.6 Å². The van der Waals surface area contributed by atoms with Gasteiger partial charge < -0.3 is 14.8 Å². The number of likely N-dealkylation sites (tertiary alicyclic amines) is 1. The number of aromatic nitrogens is 2. The number of fused-ring (bicyclic) bond motifs is 1. The molecule has 4 nitrogen and oxygen atoms in total. The molecule has 3 heterocycles. The van der Waals surface area contributed by atoms with Gasteiger partial charge in [0.1, 0.15) is 5.82 Å². The Morgan fingerprint density at radius 1 is 1.37 bits per heavy atom. The predicted octanol–water partition coefficient (Wildman–Crippen LogP) is 1.58. The van der Waals surface area contributed by atoms with Gasteiger partial charge in [-0.25, -0.2) is 4.98 Å². The molecule has 2 aliphatic rings. The van der Waals surface area contributed by atoms with Crippen molar-refractivity contribution in [1.29, 1.82) is 0 Å². The standard InChI is InChI=1S/C15H26N4/c1-3-15-17-13-10-16-8-7-14(13)19(15)11-12-6-4-5-9-18(12)2/h12,16H,3-11H2,1-2H3. The van der Waals surface area contributed by atoms with Crippen molar-refractivity contribution in [3.8, 4) is 0 Å². The molecule has 3 rings (SSSR count). The molecule has 1 fully saturated rings. The average molecular weight is 262 g/mol. The van der Waals surface area contributed by atoms with Crippen molar-refractivity contribution < 1.29 is 0 Å². The first-order valence-corrected chi connectivity index (χ1v) is 7.77. The van der Waals surface area contributed by atoms with Crippen molar-refractivity contribution >= 4 is 0 Å². The molecule has 19 heavy (non-hydrogen) atoms. The van der Waals surface area contributed by atoms with Crippen molar-refractivity contribution in [3.63, 3.8) is 0 Å². The number of hydrogen-bond donors (Lipinski definition) is 1. The summed E-state index contributed by atoms with van der Waals surface area (Å²) >= 11 is 0. The molecule has 1 aromatic heterocycles. The molecule has 1 atom stereocenters. The van der Waals surface area contributed by atoms with Crippen molar-refractivity contribution in [2.24, 2.45) is 0 Å². The van der Waals surface area contributed by atoms with E-state index in [1.54, 1.807) is 0 Å². The molecule has 1 unspecified atom stereocenters. The molecule has 0 radical (unpaired) electrons. The zero-order valence-corrected chi connectivity index (χ0v) is 12.3. The number of piperidine rings is 1. The van der Waals surface area contributed by atoms with Gasteiger partial charge in [-0.2, -0.15) is 0 Å². The number of hydrogen-bond acceptors (Lipinski definition) is 3. The zero-order valence-electron chi connectivity index (χ0n) is 12.3. The Balaban J connectivity index is 1.84. The molecule has 2 aliphatic heterocycles. The van der Waals surface area contributed by atoms with E-state index in [-0.39, 0.29) is 0 Å². The van der Waals surface area contributed by atoms with Crippen molar-refractivity contribution in [2.75, 3.05) is 20.1 Å². The molecule has 4 heteroatoms. The van der Waals surface area contributed by atoms with Gasteiger partial charge in [0.15, 0.2) is 0 Å². The summed E-state index contributed by atoms with van der Waals surface area (Å²) in [7, 11) is 2.28. The quantitative estimate of drug-likeness (QED) is 0.898. The van der Waals surface area contributed by atoms with E-state index in [9.17, 15) is 0 Å². The first-order chi connectivity index (χ1) is 9.29. The Kier molecular flexibility index (Phi) is 3.89. The van der Waals surface area contributed by atoms with E-state index in [1.807, 2.05) is 0 Å². The van der Waals surface area contributed by atoms with Crippen molar-refractivity contribution in [3.05, 3.63) is 17.2 Å². The topological polar surface area (TPSA) is 33.1 Å². The highest BCUT2D eigenvalue weighted by Crippen LogP contribution is 2.22. The van der Waals surface area contributed by atoms with Gasteiger partial charge >= 0.3 is 0 Å². The van der Waals surface area contributed by atoms with Crippen molar-refractivity contribution in [1.82, 2.24) is 19.8 Å². The molecule has 1 saturated heterocycles. The molecule has 0 spiro atoms. The van der Waals surface area contributed by atoms with E-state index in [0.717, 1.165) is 32.5 Å².